The summed E-state index contributed by atoms with van der Waals surface area (Å²) in [5.74, 6) is 0.0890. The molecule has 6 heteroatoms. The van der Waals surface area contributed by atoms with E-state index in [2.05, 4.69) is 20.9 Å². The molecule has 0 aromatic rings. The van der Waals surface area contributed by atoms with Gasteiger partial charge >= 0.3 is 6.03 Å². The van der Waals surface area contributed by atoms with Gasteiger partial charge < -0.3 is 16.0 Å². The van der Waals surface area contributed by atoms with Gasteiger partial charge in [-0.05, 0) is 6.92 Å². The predicted molar refractivity (Wildman–Crippen MR) is 66.0 cm³/mol. The number of urea groups is 1. The fourth-order valence-electron chi connectivity index (χ4n) is 1.68. The lowest BCUT2D eigenvalue weighted by Gasteiger charge is -2.27. The second-order valence-electron chi connectivity index (χ2n) is 4.23. The summed E-state index contributed by atoms with van der Waals surface area (Å²) < 4.78 is 0. The Morgan fingerprint density at radius 3 is 2.47 bits per heavy atom. The van der Waals surface area contributed by atoms with E-state index >= 15 is 0 Å². The third-order valence-corrected chi connectivity index (χ3v) is 2.69. The number of ketones is 1. The van der Waals surface area contributed by atoms with E-state index < -0.39 is 0 Å². The predicted octanol–water partition coefficient (Wildman–Crippen LogP) is -0.830. The lowest BCUT2D eigenvalue weighted by molar-refractivity contribution is -0.116. The van der Waals surface area contributed by atoms with Crippen LogP contribution in [0.3, 0.4) is 0 Å². The smallest absolute Gasteiger partial charge is 0.314 e. The van der Waals surface area contributed by atoms with Crippen molar-refractivity contribution in [3.63, 3.8) is 0 Å². The van der Waals surface area contributed by atoms with E-state index in [-0.39, 0.29) is 11.8 Å². The maximum atomic E-state index is 11.3. The number of piperazine rings is 1. The molecule has 6 nitrogen and oxygen atoms in total. The minimum atomic E-state index is -0.193. The van der Waals surface area contributed by atoms with E-state index in [4.69, 9.17) is 0 Å². The Morgan fingerprint density at radius 2 is 1.82 bits per heavy atom. The minimum Gasteiger partial charge on any atom is -0.338 e. The zero-order chi connectivity index (χ0) is 12.5. The second kappa shape index (κ2) is 8.03. The topological polar surface area (TPSA) is 73.5 Å². The molecule has 0 radical (unpaired) electrons. The summed E-state index contributed by atoms with van der Waals surface area (Å²) in [6.45, 7) is 7.56. The first-order chi connectivity index (χ1) is 8.18. The van der Waals surface area contributed by atoms with Gasteiger partial charge in [0.05, 0.1) is 0 Å². The lowest BCUT2D eigenvalue weighted by atomic mass is 10.3. The molecule has 2 amide bonds. The molecule has 0 aromatic heterocycles. The number of nitrogens with zero attached hydrogens (tertiary/aromatic N) is 1. The van der Waals surface area contributed by atoms with Crippen LogP contribution in [0.15, 0.2) is 0 Å². The van der Waals surface area contributed by atoms with Crippen LogP contribution < -0.4 is 16.0 Å². The van der Waals surface area contributed by atoms with Gasteiger partial charge in [0.2, 0.25) is 0 Å². The van der Waals surface area contributed by atoms with Crippen molar-refractivity contribution in [1.29, 1.82) is 0 Å². The molecule has 1 aliphatic rings. The van der Waals surface area contributed by atoms with E-state index in [1.165, 1.54) is 6.92 Å². The molecule has 0 aliphatic carbocycles. The van der Waals surface area contributed by atoms with Crippen molar-refractivity contribution in [1.82, 2.24) is 20.9 Å². The zero-order valence-corrected chi connectivity index (χ0v) is 10.4. The first-order valence-electron chi connectivity index (χ1n) is 6.12. The molecule has 1 saturated heterocycles. The van der Waals surface area contributed by atoms with Crippen molar-refractivity contribution in [3.8, 4) is 0 Å². The van der Waals surface area contributed by atoms with Crippen LogP contribution in [0.2, 0.25) is 0 Å². The van der Waals surface area contributed by atoms with E-state index in [0.717, 1.165) is 32.7 Å². The molecule has 0 spiro atoms. The monoisotopic (exact) mass is 242 g/mol. The van der Waals surface area contributed by atoms with Gasteiger partial charge in [0.25, 0.3) is 0 Å². The number of Topliss-reactive ketones (excluding diaryl/α,β-unsaturated/α-hetero) is 1. The molecule has 0 aromatic carbocycles. The van der Waals surface area contributed by atoms with Crippen molar-refractivity contribution >= 4 is 11.8 Å². The Balaban J connectivity index is 1.97. The maximum Gasteiger partial charge on any atom is 0.314 e. The third kappa shape index (κ3) is 6.91. The largest absolute Gasteiger partial charge is 0.338 e. The normalized spacial score (nSPS) is 16.5. The molecule has 17 heavy (non-hydrogen) atoms. The number of rotatable bonds is 6. The molecule has 0 bridgehead atoms. The number of hydrogen-bond acceptors (Lipinski definition) is 4. The quantitative estimate of drug-likeness (QED) is 0.568. The molecular weight excluding hydrogens is 220 g/mol. The van der Waals surface area contributed by atoms with Gasteiger partial charge in [0, 0.05) is 52.2 Å². The molecule has 1 aliphatic heterocycles. The second-order valence-corrected chi connectivity index (χ2v) is 4.23. The molecular formula is C11H22N4O2. The number of carbonyl (C=O) groups is 2. The van der Waals surface area contributed by atoms with Crippen molar-refractivity contribution in [3.05, 3.63) is 0 Å². The Kier molecular flexibility index (Phi) is 6.57. The minimum absolute atomic E-state index is 0.0890. The SMILES string of the molecule is CC(=O)CCNC(=O)NCCN1CCNCC1. The van der Waals surface area contributed by atoms with Gasteiger partial charge in [-0.15, -0.1) is 0 Å². The summed E-state index contributed by atoms with van der Waals surface area (Å²) in [6, 6.07) is -0.193. The van der Waals surface area contributed by atoms with E-state index in [1.54, 1.807) is 0 Å². The number of nitrogens with one attached hydrogen (secondary N) is 3. The molecule has 0 saturated carbocycles. The molecule has 0 unspecified atom stereocenters. The van der Waals surface area contributed by atoms with Crippen LogP contribution in [0, 0.1) is 0 Å². The van der Waals surface area contributed by atoms with E-state index in [1.807, 2.05) is 0 Å². The van der Waals surface area contributed by atoms with Gasteiger partial charge in [-0.25, -0.2) is 4.79 Å². The van der Waals surface area contributed by atoms with Crippen molar-refractivity contribution in [2.24, 2.45) is 0 Å². The summed E-state index contributed by atoms with van der Waals surface area (Å²) in [6.07, 6.45) is 0.394. The lowest BCUT2D eigenvalue weighted by Crippen LogP contribution is -2.47. The van der Waals surface area contributed by atoms with Gasteiger partial charge in [-0.3, -0.25) is 9.69 Å². The summed E-state index contributed by atoms with van der Waals surface area (Å²) >= 11 is 0. The maximum absolute atomic E-state index is 11.3. The summed E-state index contributed by atoms with van der Waals surface area (Å²) in [7, 11) is 0. The van der Waals surface area contributed by atoms with Crippen LogP contribution >= 0.6 is 0 Å². The van der Waals surface area contributed by atoms with Crippen LogP contribution in [-0.4, -0.2) is 62.5 Å². The Morgan fingerprint density at radius 1 is 1.18 bits per heavy atom. The Bertz CT molecular complexity index is 252. The van der Waals surface area contributed by atoms with Crippen molar-refractivity contribution in [2.45, 2.75) is 13.3 Å². The van der Waals surface area contributed by atoms with Crippen LogP contribution in [0.4, 0.5) is 4.79 Å². The molecule has 1 heterocycles. The van der Waals surface area contributed by atoms with Crippen molar-refractivity contribution < 1.29 is 9.59 Å². The fraction of sp³-hybridized carbons (Fsp3) is 0.818. The molecule has 98 valence electrons. The van der Waals surface area contributed by atoms with Crippen LogP contribution in [0.1, 0.15) is 13.3 Å². The standard InChI is InChI=1S/C11H22N4O2/c1-10(16)2-3-13-11(17)14-6-9-15-7-4-12-5-8-15/h12H,2-9H2,1H3,(H2,13,14,17). The highest BCUT2D eigenvalue weighted by Gasteiger charge is 2.08. The van der Waals surface area contributed by atoms with Crippen LogP contribution in [-0.2, 0) is 4.79 Å². The highest BCUT2D eigenvalue weighted by atomic mass is 16.2. The highest BCUT2D eigenvalue weighted by Crippen LogP contribution is 1.89. The molecule has 3 N–H and O–H groups in total. The number of hydrogen-bond donors (Lipinski definition) is 3. The van der Waals surface area contributed by atoms with Crippen LogP contribution in [0.25, 0.3) is 0 Å². The van der Waals surface area contributed by atoms with Crippen LogP contribution in [0.5, 0.6) is 0 Å². The average molecular weight is 242 g/mol. The fourth-order valence-corrected chi connectivity index (χ4v) is 1.68. The van der Waals surface area contributed by atoms with E-state index in [0.29, 0.717) is 19.5 Å². The first kappa shape index (κ1) is 13.9. The average Bonchev–Trinajstić information content (AvgIpc) is 2.30. The summed E-state index contributed by atoms with van der Waals surface area (Å²) in [5, 5.41) is 8.71. The third-order valence-electron chi connectivity index (χ3n) is 2.69. The Labute approximate surface area is 102 Å². The van der Waals surface area contributed by atoms with Gasteiger partial charge in [0.15, 0.2) is 0 Å². The number of carbonyl (C=O) groups excluding carboxylic acids is 2. The van der Waals surface area contributed by atoms with Crippen molar-refractivity contribution in [2.75, 3.05) is 45.8 Å². The number of amides is 2. The van der Waals surface area contributed by atoms with Gasteiger partial charge in [-0.1, -0.05) is 0 Å². The highest BCUT2D eigenvalue weighted by molar-refractivity contribution is 5.77. The van der Waals surface area contributed by atoms with E-state index in [9.17, 15) is 9.59 Å². The Hall–Kier alpha value is -1.14. The van der Waals surface area contributed by atoms with Gasteiger partial charge in [-0.2, -0.15) is 0 Å². The zero-order valence-electron chi connectivity index (χ0n) is 10.4. The summed E-state index contributed by atoms with van der Waals surface area (Å²) in [4.78, 5) is 24.3. The molecule has 0 atom stereocenters. The first-order valence-corrected chi connectivity index (χ1v) is 6.12. The molecule has 1 rings (SSSR count). The van der Waals surface area contributed by atoms with Gasteiger partial charge in [0.1, 0.15) is 5.78 Å². The molecule has 1 fully saturated rings. The summed E-state index contributed by atoms with van der Waals surface area (Å²) in [5.41, 5.74) is 0.